The summed E-state index contributed by atoms with van der Waals surface area (Å²) in [6, 6.07) is 14.2. The van der Waals surface area contributed by atoms with Gasteiger partial charge in [0.25, 0.3) is 11.5 Å². The zero-order valence-electron chi connectivity index (χ0n) is 14.9. The molecule has 0 aliphatic carbocycles. The molecule has 0 aliphatic heterocycles. The first kappa shape index (κ1) is 17.7. The van der Waals surface area contributed by atoms with E-state index in [0.29, 0.717) is 28.8 Å². The minimum Gasteiger partial charge on any atom is -0.495 e. The van der Waals surface area contributed by atoms with Gasteiger partial charge in [-0.2, -0.15) is 5.10 Å². The highest BCUT2D eigenvalue weighted by Gasteiger charge is 2.17. The molecule has 0 bridgehead atoms. The molecule has 134 valence electrons. The van der Waals surface area contributed by atoms with Crippen LogP contribution in [0.1, 0.15) is 30.3 Å². The number of anilines is 1. The number of aryl methyl sites for hydroxylation is 1. The largest absolute Gasteiger partial charge is 0.495 e. The minimum atomic E-state index is -0.379. The predicted octanol–water partition coefficient (Wildman–Crippen LogP) is 3.46. The number of nitrogens with zero attached hydrogens (tertiary/aromatic N) is 2. The highest BCUT2D eigenvalue weighted by atomic mass is 16.5. The van der Waals surface area contributed by atoms with Crippen LogP contribution in [0.15, 0.2) is 53.3 Å². The van der Waals surface area contributed by atoms with Crippen LogP contribution in [0, 0.1) is 0 Å². The molecule has 0 aliphatic rings. The molecule has 3 aromatic rings. The van der Waals surface area contributed by atoms with Crippen molar-refractivity contribution in [3.63, 3.8) is 0 Å². The fourth-order valence-electron chi connectivity index (χ4n) is 2.79. The van der Waals surface area contributed by atoms with E-state index in [2.05, 4.69) is 10.4 Å². The third-order valence-electron chi connectivity index (χ3n) is 4.16. The highest BCUT2D eigenvalue weighted by Crippen LogP contribution is 2.24. The van der Waals surface area contributed by atoms with Crippen molar-refractivity contribution in [3.8, 4) is 5.75 Å². The van der Waals surface area contributed by atoms with Crippen LogP contribution in [-0.4, -0.2) is 22.8 Å². The summed E-state index contributed by atoms with van der Waals surface area (Å²) in [5, 5.41) is 8.20. The third-order valence-corrected chi connectivity index (χ3v) is 4.16. The summed E-state index contributed by atoms with van der Waals surface area (Å²) >= 11 is 0. The van der Waals surface area contributed by atoms with E-state index in [0.717, 1.165) is 12.8 Å². The van der Waals surface area contributed by atoms with Gasteiger partial charge in [0, 0.05) is 11.9 Å². The van der Waals surface area contributed by atoms with Crippen LogP contribution < -0.4 is 15.6 Å². The van der Waals surface area contributed by atoms with E-state index in [-0.39, 0.29) is 17.2 Å². The summed E-state index contributed by atoms with van der Waals surface area (Å²) in [6.45, 7) is 2.52. The number of hydrogen-bond acceptors (Lipinski definition) is 4. The Bertz CT molecular complexity index is 995. The Balaban J connectivity index is 2.06. The first-order valence-corrected chi connectivity index (χ1v) is 8.60. The zero-order chi connectivity index (χ0) is 18.5. The van der Waals surface area contributed by atoms with Crippen molar-refractivity contribution in [2.24, 2.45) is 0 Å². The number of carbonyl (C=O) groups is 1. The number of para-hydroxylation sites is 2. The summed E-state index contributed by atoms with van der Waals surface area (Å²) < 4.78 is 6.65. The molecule has 1 aromatic heterocycles. The second-order valence-electron chi connectivity index (χ2n) is 5.93. The van der Waals surface area contributed by atoms with E-state index < -0.39 is 0 Å². The maximum atomic E-state index is 12.9. The lowest BCUT2D eigenvalue weighted by Gasteiger charge is -2.12. The Morgan fingerprint density at radius 3 is 2.54 bits per heavy atom. The Morgan fingerprint density at radius 1 is 1.12 bits per heavy atom. The average Bonchev–Trinajstić information content (AvgIpc) is 2.68. The van der Waals surface area contributed by atoms with Gasteiger partial charge in [0.15, 0.2) is 5.69 Å². The van der Waals surface area contributed by atoms with Gasteiger partial charge in [0.1, 0.15) is 5.75 Å². The second-order valence-corrected chi connectivity index (χ2v) is 5.93. The van der Waals surface area contributed by atoms with Gasteiger partial charge in [0.05, 0.1) is 18.2 Å². The number of hydrogen-bond donors (Lipinski definition) is 1. The Labute approximate surface area is 151 Å². The van der Waals surface area contributed by atoms with Crippen LogP contribution in [-0.2, 0) is 6.54 Å². The van der Waals surface area contributed by atoms with Crippen LogP contribution in [0.4, 0.5) is 5.69 Å². The van der Waals surface area contributed by atoms with E-state index in [1.807, 2.05) is 19.1 Å². The number of carbonyl (C=O) groups excluding carboxylic acids is 1. The first-order valence-electron chi connectivity index (χ1n) is 8.60. The third kappa shape index (κ3) is 3.44. The standard InChI is InChI=1S/C20H21N3O3/c1-3-4-13-23-20(25)15-10-6-5-9-14(15)18(22-23)19(24)21-16-11-7-8-12-17(16)26-2/h5-12H,3-4,13H2,1-2H3,(H,21,24). The summed E-state index contributed by atoms with van der Waals surface area (Å²) in [4.78, 5) is 25.5. The number of aromatic nitrogens is 2. The molecule has 0 fully saturated rings. The number of amides is 1. The fourth-order valence-corrected chi connectivity index (χ4v) is 2.79. The number of benzene rings is 2. The second kappa shape index (κ2) is 7.82. The van der Waals surface area contributed by atoms with E-state index in [9.17, 15) is 9.59 Å². The Morgan fingerprint density at radius 2 is 1.81 bits per heavy atom. The van der Waals surface area contributed by atoms with Crippen molar-refractivity contribution in [3.05, 3.63) is 64.6 Å². The van der Waals surface area contributed by atoms with Gasteiger partial charge >= 0.3 is 0 Å². The van der Waals surface area contributed by atoms with Gasteiger partial charge in [-0.05, 0) is 24.6 Å². The predicted molar refractivity (Wildman–Crippen MR) is 102 cm³/mol. The van der Waals surface area contributed by atoms with Crippen molar-refractivity contribution in [2.75, 3.05) is 12.4 Å². The SMILES string of the molecule is CCCCn1nc(C(=O)Nc2ccccc2OC)c2ccccc2c1=O. The van der Waals surface area contributed by atoms with E-state index >= 15 is 0 Å². The van der Waals surface area contributed by atoms with Crippen molar-refractivity contribution in [2.45, 2.75) is 26.3 Å². The molecule has 0 atom stereocenters. The fraction of sp³-hybridized carbons (Fsp3) is 0.250. The topological polar surface area (TPSA) is 73.2 Å². The number of unbranched alkanes of at least 4 members (excludes halogenated alkanes) is 1. The maximum Gasteiger partial charge on any atom is 0.276 e. The van der Waals surface area contributed by atoms with Crippen LogP contribution in [0.25, 0.3) is 10.8 Å². The molecule has 1 heterocycles. The van der Waals surface area contributed by atoms with E-state index in [4.69, 9.17) is 4.74 Å². The molecule has 2 aromatic carbocycles. The quantitative estimate of drug-likeness (QED) is 0.738. The monoisotopic (exact) mass is 351 g/mol. The average molecular weight is 351 g/mol. The van der Waals surface area contributed by atoms with Gasteiger partial charge in [0.2, 0.25) is 0 Å². The van der Waals surface area contributed by atoms with Crippen molar-refractivity contribution in [1.29, 1.82) is 0 Å². The van der Waals surface area contributed by atoms with Crippen molar-refractivity contribution in [1.82, 2.24) is 9.78 Å². The molecule has 0 saturated carbocycles. The zero-order valence-corrected chi connectivity index (χ0v) is 14.9. The molecule has 3 rings (SSSR count). The lowest BCUT2D eigenvalue weighted by atomic mass is 10.1. The van der Waals surface area contributed by atoms with Gasteiger partial charge < -0.3 is 10.1 Å². The van der Waals surface area contributed by atoms with Crippen LogP contribution in [0.3, 0.4) is 0 Å². The lowest BCUT2D eigenvalue weighted by Crippen LogP contribution is -2.27. The molecular formula is C20H21N3O3. The molecule has 26 heavy (non-hydrogen) atoms. The normalized spacial score (nSPS) is 10.7. The van der Waals surface area contributed by atoms with Gasteiger partial charge in [-0.15, -0.1) is 0 Å². The minimum absolute atomic E-state index is 0.178. The molecule has 1 N–H and O–H groups in total. The van der Waals surface area contributed by atoms with Gasteiger partial charge in [-0.25, -0.2) is 4.68 Å². The molecule has 6 nitrogen and oxygen atoms in total. The number of nitrogens with one attached hydrogen (secondary N) is 1. The smallest absolute Gasteiger partial charge is 0.276 e. The number of ether oxygens (including phenoxy) is 1. The first-order chi connectivity index (χ1) is 12.7. The number of methoxy groups -OCH3 is 1. The Hall–Kier alpha value is -3.15. The lowest BCUT2D eigenvalue weighted by molar-refractivity contribution is 0.102. The molecular weight excluding hydrogens is 330 g/mol. The summed E-state index contributed by atoms with van der Waals surface area (Å²) in [5.41, 5.74) is 0.599. The van der Waals surface area contributed by atoms with E-state index in [1.165, 1.54) is 4.68 Å². The summed E-state index contributed by atoms with van der Waals surface area (Å²) in [6.07, 6.45) is 1.75. The van der Waals surface area contributed by atoms with Crippen LogP contribution >= 0.6 is 0 Å². The molecule has 0 saturated heterocycles. The summed E-state index contributed by atoms with van der Waals surface area (Å²) in [5.74, 6) is 0.181. The molecule has 0 unspecified atom stereocenters. The van der Waals surface area contributed by atoms with E-state index in [1.54, 1.807) is 43.5 Å². The highest BCUT2D eigenvalue weighted by molar-refractivity contribution is 6.11. The molecule has 6 heteroatoms. The van der Waals surface area contributed by atoms with Crippen molar-refractivity contribution < 1.29 is 9.53 Å². The molecule has 1 amide bonds. The Kier molecular flexibility index (Phi) is 5.31. The van der Waals surface area contributed by atoms with Gasteiger partial charge in [-0.3, -0.25) is 9.59 Å². The molecule has 0 spiro atoms. The van der Waals surface area contributed by atoms with Crippen molar-refractivity contribution >= 4 is 22.4 Å². The number of rotatable bonds is 6. The summed E-state index contributed by atoms with van der Waals surface area (Å²) in [7, 11) is 1.55. The van der Waals surface area contributed by atoms with Gasteiger partial charge in [-0.1, -0.05) is 43.7 Å². The maximum absolute atomic E-state index is 12.9. The van der Waals surface area contributed by atoms with Crippen LogP contribution in [0.2, 0.25) is 0 Å². The van der Waals surface area contributed by atoms with Crippen LogP contribution in [0.5, 0.6) is 5.75 Å². The molecule has 0 radical (unpaired) electrons. The number of fused-ring (bicyclic) bond motifs is 1.